The molecule has 0 bridgehead atoms. The monoisotopic (exact) mass is 582 g/mol. The molecule has 0 aliphatic rings. The van der Waals surface area contributed by atoms with E-state index in [1.807, 2.05) is 0 Å². The summed E-state index contributed by atoms with van der Waals surface area (Å²) in [6.07, 6.45) is 38.1. The smallest absolute Gasteiger partial charge is 0.726 e. The van der Waals surface area contributed by atoms with Gasteiger partial charge in [-0.25, -0.2) is 8.42 Å². The molecule has 0 radical (unpaired) electrons. The molecule has 0 saturated heterocycles. The number of hydrogen-bond acceptors (Lipinski definition) is 4. The quantitative estimate of drug-likeness (QED) is 0.0285. The van der Waals surface area contributed by atoms with Crippen LogP contribution in [0.15, 0.2) is 12.2 Å². The van der Waals surface area contributed by atoms with Crippen molar-refractivity contribution in [2.45, 2.75) is 181 Å². The second-order valence-electron chi connectivity index (χ2n) is 11.2. The maximum atomic E-state index is 10.9. The first-order chi connectivity index (χ1) is 18.0. The van der Waals surface area contributed by atoms with Crippen molar-refractivity contribution in [1.29, 1.82) is 0 Å². The first-order valence-corrected chi connectivity index (χ1v) is 17.6. The Bertz CT molecular complexity index is 580. The molecule has 0 N–H and O–H groups in total. The second kappa shape index (κ2) is 32.8. The molecule has 0 fully saturated rings. The number of unbranched alkanes of at least 4 members (excludes halogenated alkanes) is 23. The van der Waals surface area contributed by atoms with E-state index in [1.54, 1.807) is 0 Å². The summed E-state index contributed by atoms with van der Waals surface area (Å²) in [6, 6.07) is 0. The Balaban J connectivity index is 0. The average molecular weight is 583 g/mol. The van der Waals surface area contributed by atoms with Crippen LogP contribution < -0.4 is 51.4 Å². The van der Waals surface area contributed by atoms with Crippen molar-refractivity contribution >= 4 is 10.4 Å². The fraction of sp³-hybridized carbons (Fsp3) is 0.938. The van der Waals surface area contributed by atoms with Crippen LogP contribution in [0.1, 0.15) is 181 Å². The molecule has 4 nitrogen and oxygen atoms in total. The van der Waals surface area contributed by atoms with Gasteiger partial charge in [-0.15, -0.1) is 0 Å². The molecule has 0 heterocycles. The van der Waals surface area contributed by atoms with Crippen molar-refractivity contribution in [3.05, 3.63) is 12.2 Å². The van der Waals surface area contributed by atoms with Crippen molar-refractivity contribution in [2.24, 2.45) is 5.92 Å². The summed E-state index contributed by atoms with van der Waals surface area (Å²) in [4.78, 5) is 0. The Kier molecular flexibility index (Phi) is 35.7. The molecule has 0 aromatic carbocycles. The molecule has 0 aromatic heterocycles. The van der Waals surface area contributed by atoms with Gasteiger partial charge in [0, 0.05) is 5.92 Å². The molecule has 1 atom stereocenters. The standard InChI is InChI=1S/C32H64O4S.K/c1-3-5-7-9-11-13-14-15-16-17-18-19-20-22-24-26-28-30-32(31-36-37(33,34)35)29-27-25-23-21-12-10-8-6-4-2;/h27,29,32H,3-26,28,30-31H2,1-2H3,(H,33,34,35);/q;+1/p-1/b29-27+;. The molecule has 1 unspecified atom stereocenters. The van der Waals surface area contributed by atoms with Crippen LogP contribution in [0, 0.1) is 5.92 Å². The molecule has 6 heteroatoms. The van der Waals surface area contributed by atoms with Gasteiger partial charge in [-0.3, -0.25) is 4.18 Å². The van der Waals surface area contributed by atoms with Crippen LogP contribution in [-0.4, -0.2) is 19.6 Å². The maximum absolute atomic E-state index is 10.9. The molecule has 38 heavy (non-hydrogen) atoms. The molecule has 0 amide bonds. The van der Waals surface area contributed by atoms with Crippen LogP contribution in [-0.2, 0) is 14.6 Å². The summed E-state index contributed by atoms with van der Waals surface area (Å²) in [5.41, 5.74) is 0. The summed E-state index contributed by atoms with van der Waals surface area (Å²) in [7, 11) is -4.62. The van der Waals surface area contributed by atoms with E-state index in [9.17, 15) is 13.0 Å². The molecule has 0 aliphatic carbocycles. The number of allylic oxidation sites excluding steroid dienone is 1. The van der Waals surface area contributed by atoms with Crippen LogP contribution >= 0.6 is 0 Å². The zero-order valence-electron chi connectivity index (χ0n) is 25.9. The molecule has 222 valence electrons. The van der Waals surface area contributed by atoms with E-state index in [1.165, 1.54) is 148 Å². The van der Waals surface area contributed by atoms with Gasteiger partial charge in [-0.05, 0) is 19.3 Å². The summed E-state index contributed by atoms with van der Waals surface area (Å²) in [5, 5.41) is 0. The Hall–Kier alpha value is 1.25. The van der Waals surface area contributed by atoms with Crippen LogP contribution in [0.3, 0.4) is 0 Å². The minimum atomic E-state index is -4.62. The van der Waals surface area contributed by atoms with Gasteiger partial charge in [0.05, 0.1) is 6.61 Å². The van der Waals surface area contributed by atoms with E-state index >= 15 is 0 Å². The van der Waals surface area contributed by atoms with Gasteiger partial charge < -0.3 is 4.55 Å². The number of rotatable bonds is 30. The third kappa shape index (κ3) is 35.3. The minimum absolute atomic E-state index is 0. The zero-order valence-corrected chi connectivity index (χ0v) is 29.8. The van der Waals surface area contributed by atoms with Crippen molar-refractivity contribution in [1.82, 2.24) is 0 Å². The summed E-state index contributed by atoms with van der Waals surface area (Å²) < 4.78 is 37.2. The van der Waals surface area contributed by atoms with E-state index in [2.05, 4.69) is 30.2 Å². The fourth-order valence-corrected chi connectivity index (χ4v) is 5.39. The summed E-state index contributed by atoms with van der Waals surface area (Å²) in [5.74, 6) is 0.0182. The normalized spacial score (nSPS) is 12.7. The second-order valence-corrected chi connectivity index (χ2v) is 12.3. The van der Waals surface area contributed by atoms with Gasteiger partial charge in [0.15, 0.2) is 0 Å². The first kappa shape index (κ1) is 41.4. The van der Waals surface area contributed by atoms with Gasteiger partial charge in [0.2, 0.25) is 10.4 Å². The van der Waals surface area contributed by atoms with Gasteiger partial charge in [0.1, 0.15) is 0 Å². The Labute approximate surface area is 281 Å². The molecule has 0 saturated carbocycles. The Morgan fingerprint density at radius 1 is 0.579 bits per heavy atom. The molecule has 0 aromatic rings. The number of hydrogen-bond donors (Lipinski definition) is 0. The molecule has 0 spiro atoms. The summed E-state index contributed by atoms with van der Waals surface area (Å²) in [6.45, 7) is 4.50. The van der Waals surface area contributed by atoms with E-state index in [-0.39, 0.29) is 63.9 Å². The third-order valence-corrected chi connectivity index (χ3v) is 7.91. The van der Waals surface area contributed by atoms with Gasteiger partial charge in [-0.2, -0.15) is 0 Å². The topological polar surface area (TPSA) is 66.4 Å². The molecule has 0 aliphatic heterocycles. The molecular weight excluding hydrogens is 520 g/mol. The van der Waals surface area contributed by atoms with Gasteiger partial charge in [-0.1, -0.05) is 174 Å². The molecular formula is C32H63KO4S. The van der Waals surface area contributed by atoms with E-state index in [4.69, 9.17) is 0 Å². The SMILES string of the molecule is CCCCCCCCC/C=C/C(CCCCCCCCCCCCCCCCCCC)COS(=O)(=O)[O-].[K+]. The zero-order chi connectivity index (χ0) is 27.3. The van der Waals surface area contributed by atoms with Crippen molar-refractivity contribution in [3.8, 4) is 0 Å². The van der Waals surface area contributed by atoms with E-state index in [0.29, 0.717) is 0 Å². The predicted molar refractivity (Wildman–Crippen MR) is 160 cm³/mol. The summed E-state index contributed by atoms with van der Waals surface area (Å²) >= 11 is 0. The van der Waals surface area contributed by atoms with E-state index < -0.39 is 10.4 Å². The third-order valence-electron chi connectivity index (χ3n) is 7.49. The van der Waals surface area contributed by atoms with E-state index in [0.717, 1.165) is 19.3 Å². The first-order valence-electron chi connectivity index (χ1n) is 16.3. The van der Waals surface area contributed by atoms with Crippen molar-refractivity contribution in [3.63, 3.8) is 0 Å². The van der Waals surface area contributed by atoms with Crippen LogP contribution in [0.4, 0.5) is 0 Å². The van der Waals surface area contributed by atoms with Crippen molar-refractivity contribution < 1.29 is 68.5 Å². The Morgan fingerprint density at radius 3 is 1.29 bits per heavy atom. The fourth-order valence-electron chi connectivity index (χ4n) is 5.05. The average Bonchev–Trinajstić information content (AvgIpc) is 2.87. The van der Waals surface area contributed by atoms with Crippen molar-refractivity contribution in [2.75, 3.05) is 6.61 Å². The Morgan fingerprint density at radius 2 is 0.921 bits per heavy atom. The van der Waals surface area contributed by atoms with Crippen LogP contribution in [0.5, 0.6) is 0 Å². The van der Waals surface area contributed by atoms with Crippen LogP contribution in [0.25, 0.3) is 0 Å². The predicted octanol–water partition coefficient (Wildman–Crippen LogP) is 7.82. The molecule has 0 rings (SSSR count). The largest absolute Gasteiger partial charge is 1.00 e. The van der Waals surface area contributed by atoms with Crippen LogP contribution in [0.2, 0.25) is 0 Å². The minimum Gasteiger partial charge on any atom is -0.726 e. The maximum Gasteiger partial charge on any atom is 1.00 e. The van der Waals surface area contributed by atoms with Gasteiger partial charge in [0.25, 0.3) is 0 Å². The van der Waals surface area contributed by atoms with Gasteiger partial charge >= 0.3 is 51.4 Å².